The number of nitrogens with one attached hydrogen (secondary N) is 1. The van der Waals surface area contributed by atoms with Crippen molar-refractivity contribution in [2.24, 2.45) is 5.41 Å². The number of ether oxygens (including phenoxy) is 1. The molecule has 0 aromatic carbocycles. The summed E-state index contributed by atoms with van der Waals surface area (Å²) < 4.78 is 10.4. The van der Waals surface area contributed by atoms with Gasteiger partial charge >= 0.3 is 6.03 Å². The standard InChI is InChI=1S/C14H22N4O3/c1-9-10(17-21-16-9)7-15-13(19)18-8-14(2,3)12(18)11-5-4-6-20-11/h11-12H,4-8H2,1-3H3,(H,15,19). The van der Waals surface area contributed by atoms with Crippen molar-refractivity contribution in [1.82, 2.24) is 20.5 Å². The van der Waals surface area contributed by atoms with Gasteiger partial charge in [0.15, 0.2) is 0 Å². The van der Waals surface area contributed by atoms with Gasteiger partial charge in [-0.2, -0.15) is 0 Å². The molecule has 2 atom stereocenters. The van der Waals surface area contributed by atoms with Crippen LogP contribution in [0.5, 0.6) is 0 Å². The second kappa shape index (κ2) is 5.29. The van der Waals surface area contributed by atoms with Gasteiger partial charge in [-0.25, -0.2) is 9.42 Å². The maximum atomic E-state index is 12.4. The van der Waals surface area contributed by atoms with Crippen LogP contribution in [0.25, 0.3) is 0 Å². The largest absolute Gasteiger partial charge is 0.376 e. The molecule has 3 heterocycles. The Bertz CT molecular complexity index is 522. The molecule has 0 spiro atoms. The monoisotopic (exact) mass is 294 g/mol. The van der Waals surface area contributed by atoms with Crippen LogP contribution in [0, 0.1) is 12.3 Å². The van der Waals surface area contributed by atoms with E-state index in [4.69, 9.17) is 4.74 Å². The van der Waals surface area contributed by atoms with Crippen LogP contribution in [-0.4, -0.2) is 46.5 Å². The van der Waals surface area contributed by atoms with Gasteiger partial charge in [-0.3, -0.25) is 0 Å². The van der Waals surface area contributed by atoms with Crippen LogP contribution in [0.1, 0.15) is 38.1 Å². The summed E-state index contributed by atoms with van der Waals surface area (Å²) >= 11 is 0. The number of hydrogen-bond acceptors (Lipinski definition) is 5. The lowest BCUT2D eigenvalue weighted by Crippen LogP contribution is -2.69. The molecule has 2 amide bonds. The van der Waals surface area contributed by atoms with E-state index in [2.05, 4.69) is 34.1 Å². The first-order valence-electron chi connectivity index (χ1n) is 7.43. The third kappa shape index (κ3) is 2.62. The predicted molar refractivity (Wildman–Crippen MR) is 74.5 cm³/mol. The molecule has 0 radical (unpaired) electrons. The summed E-state index contributed by atoms with van der Waals surface area (Å²) in [5.74, 6) is 0. The zero-order valence-electron chi connectivity index (χ0n) is 12.8. The van der Waals surface area contributed by atoms with E-state index in [0.29, 0.717) is 17.9 Å². The normalized spacial score (nSPS) is 27.5. The Morgan fingerprint density at radius 1 is 1.48 bits per heavy atom. The van der Waals surface area contributed by atoms with Crippen molar-refractivity contribution < 1.29 is 14.2 Å². The van der Waals surface area contributed by atoms with Crippen molar-refractivity contribution in [1.29, 1.82) is 0 Å². The molecule has 0 aliphatic carbocycles. The molecular weight excluding hydrogens is 272 g/mol. The van der Waals surface area contributed by atoms with E-state index in [9.17, 15) is 4.79 Å². The first kappa shape index (κ1) is 14.3. The summed E-state index contributed by atoms with van der Waals surface area (Å²) in [5.41, 5.74) is 1.48. The summed E-state index contributed by atoms with van der Waals surface area (Å²) in [4.78, 5) is 14.2. The quantitative estimate of drug-likeness (QED) is 0.913. The fourth-order valence-electron chi connectivity index (χ4n) is 3.36. The van der Waals surface area contributed by atoms with Crippen LogP contribution in [0.2, 0.25) is 0 Å². The fourth-order valence-corrected chi connectivity index (χ4v) is 3.36. The van der Waals surface area contributed by atoms with Gasteiger partial charge in [-0.05, 0) is 19.8 Å². The van der Waals surface area contributed by atoms with E-state index >= 15 is 0 Å². The van der Waals surface area contributed by atoms with Crippen LogP contribution >= 0.6 is 0 Å². The number of carbonyl (C=O) groups excluding carboxylic acids is 1. The molecule has 116 valence electrons. The predicted octanol–water partition coefficient (Wildman–Crippen LogP) is 1.48. The lowest BCUT2D eigenvalue weighted by molar-refractivity contribution is -0.0910. The number of nitrogens with zero attached hydrogens (tertiary/aromatic N) is 3. The molecule has 1 N–H and O–H groups in total. The molecule has 3 rings (SSSR count). The van der Waals surface area contributed by atoms with E-state index in [1.165, 1.54) is 0 Å². The van der Waals surface area contributed by atoms with E-state index in [1.807, 2.05) is 4.90 Å². The Hall–Kier alpha value is -1.63. The lowest BCUT2D eigenvalue weighted by atomic mass is 9.72. The number of amides is 2. The molecule has 0 saturated carbocycles. The molecule has 1 aromatic heterocycles. The maximum absolute atomic E-state index is 12.4. The van der Waals surface area contributed by atoms with Gasteiger partial charge in [0.05, 0.1) is 18.7 Å². The molecular formula is C14H22N4O3. The molecule has 1 aromatic rings. The number of likely N-dealkylation sites (tertiary alicyclic amines) is 1. The molecule has 2 saturated heterocycles. The highest BCUT2D eigenvalue weighted by atomic mass is 16.6. The van der Waals surface area contributed by atoms with Gasteiger partial charge in [-0.15, -0.1) is 0 Å². The van der Waals surface area contributed by atoms with Crippen molar-refractivity contribution in [3.05, 3.63) is 11.4 Å². The Kier molecular flexibility index (Phi) is 3.61. The average Bonchev–Trinajstić information content (AvgIpc) is 3.05. The molecule has 7 heteroatoms. The minimum Gasteiger partial charge on any atom is -0.376 e. The molecule has 2 aliphatic heterocycles. The first-order chi connectivity index (χ1) is 9.99. The van der Waals surface area contributed by atoms with Crippen LogP contribution in [0.15, 0.2) is 4.63 Å². The Morgan fingerprint density at radius 2 is 2.29 bits per heavy atom. The first-order valence-corrected chi connectivity index (χ1v) is 7.43. The van der Waals surface area contributed by atoms with Gasteiger partial charge in [0.1, 0.15) is 11.4 Å². The maximum Gasteiger partial charge on any atom is 0.318 e. The van der Waals surface area contributed by atoms with Crippen molar-refractivity contribution in [2.75, 3.05) is 13.2 Å². The van der Waals surface area contributed by atoms with Crippen molar-refractivity contribution in [3.63, 3.8) is 0 Å². The average molecular weight is 294 g/mol. The smallest absolute Gasteiger partial charge is 0.318 e. The zero-order valence-corrected chi connectivity index (χ0v) is 12.8. The lowest BCUT2D eigenvalue weighted by Gasteiger charge is -2.56. The SMILES string of the molecule is Cc1nonc1CNC(=O)N1CC(C)(C)C1C1CCCO1. The minimum absolute atomic E-state index is 0.0720. The molecule has 0 bridgehead atoms. The summed E-state index contributed by atoms with van der Waals surface area (Å²) in [5, 5.41) is 10.4. The summed E-state index contributed by atoms with van der Waals surface area (Å²) in [6, 6.07) is 0.0776. The highest BCUT2D eigenvalue weighted by molar-refractivity contribution is 5.76. The fraction of sp³-hybridized carbons (Fsp3) is 0.786. The van der Waals surface area contributed by atoms with Gasteiger partial charge < -0.3 is 15.0 Å². The molecule has 2 aliphatic rings. The Balaban J connectivity index is 1.60. The number of rotatable bonds is 3. The topological polar surface area (TPSA) is 80.5 Å². The van der Waals surface area contributed by atoms with Crippen molar-refractivity contribution >= 4 is 6.03 Å². The second-order valence-electron chi connectivity index (χ2n) is 6.57. The number of carbonyl (C=O) groups is 1. The van der Waals surface area contributed by atoms with E-state index in [-0.39, 0.29) is 23.6 Å². The highest BCUT2D eigenvalue weighted by Crippen LogP contribution is 2.42. The minimum atomic E-state index is -0.0720. The Labute approximate surface area is 124 Å². The number of aromatic nitrogens is 2. The third-order valence-electron chi connectivity index (χ3n) is 4.45. The Morgan fingerprint density at radius 3 is 2.86 bits per heavy atom. The van der Waals surface area contributed by atoms with Crippen LogP contribution in [0.3, 0.4) is 0 Å². The van der Waals surface area contributed by atoms with E-state index < -0.39 is 0 Å². The summed E-state index contributed by atoms with van der Waals surface area (Å²) in [7, 11) is 0. The van der Waals surface area contributed by atoms with Crippen LogP contribution in [-0.2, 0) is 11.3 Å². The van der Waals surface area contributed by atoms with Crippen molar-refractivity contribution in [2.45, 2.75) is 52.3 Å². The number of hydrogen-bond donors (Lipinski definition) is 1. The van der Waals surface area contributed by atoms with E-state index in [0.717, 1.165) is 26.0 Å². The van der Waals surface area contributed by atoms with Gasteiger partial charge in [-0.1, -0.05) is 24.2 Å². The zero-order chi connectivity index (χ0) is 15.0. The molecule has 2 unspecified atom stereocenters. The van der Waals surface area contributed by atoms with Gasteiger partial charge in [0.25, 0.3) is 0 Å². The second-order valence-corrected chi connectivity index (χ2v) is 6.57. The molecule has 21 heavy (non-hydrogen) atoms. The van der Waals surface area contributed by atoms with Crippen LogP contribution in [0.4, 0.5) is 4.79 Å². The number of urea groups is 1. The highest BCUT2D eigenvalue weighted by Gasteiger charge is 2.52. The molecule has 2 fully saturated rings. The van der Waals surface area contributed by atoms with Crippen LogP contribution < -0.4 is 5.32 Å². The summed E-state index contributed by atoms with van der Waals surface area (Å²) in [6.07, 6.45) is 2.27. The third-order valence-corrected chi connectivity index (χ3v) is 4.45. The summed E-state index contributed by atoms with van der Waals surface area (Å²) in [6.45, 7) is 8.07. The van der Waals surface area contributed by atoms with Gasteiger partial charge in [0, 0.05) is 18.6 Å². The molecule has 7 nitrogen and oxygen atoms in total. The van der Waals surface area contributed by atoms with Gasteiger partial charge in [0.2, 0.25) is 0 Å². The number of aryl methyl sites for hydroxylation is 1. The van der Waals surface area contributed by atoms with Crippen molar-refractivity contribution in [3.8, 4) is 0 Å². The van der Waals surface area contributed by atoms with E-state index in [1.54, 1.807) is 6.92 Å².